The van der Waals surface area contributed by atoms with E-state index in [1.807, 2.05) is 10.9 Å². The van der Waals surface area contributed by atoms with Crippen LogP contribution in [0.4, 0.5) is 0 Å². The largest absolute Gasteiger partial charge is 0.312 e. The van der Waals surface area contributed by atoms with Gasteiger partial charge in [-0.3, -0.25) is 9.58 Å². The Kier molecular flexibility index (Phi) is 5.82. The van der Waals surface area contributed by atoms with Gasteiger partial charge in [0.05, 0.1) is 6.20 Å². The first-order chi connectivity index (χ1) is 10.1. The van der Waals surface area contributed by atoms with Gasteiger partial charge in [0.15, 0.2) is 0 Å². The summed E-state index contributed by atoms with van der Waals surface area (Å²) in [5.41, 5.74) is 1.53. The van der Waals surface area contributed by atoms with Gasteiger partial charge in [0, 0.05) is 24.3 Å². The Morgan fingerprint density at radius 3 is 2.52 bits per heavy atom. The molecule has 1 aromatic rings. The molecule has 0 spiro atoms. The number of rotatable bonds is 7. The maximum atomic E-state index is 4.42. The average Bonchev–Trinajstić information content (AvgIpc) is 2.95. The predicted octanol–water partition coefficient (Wildman–Crippen LogP) is 2.69. The molecule has 1 aliphatic rings. The van der Waals surface area contributed by atoms with Gasteiger partial charge in [0.25, 0.3) is 0 Å². The van der Waals surface area contributed by atoms with E-state index >= 15 is 0 Å². The molecular formula is C17H32N4. The molecule has 0 aliphatic carbocycles. The van der Waals surface area contributed by atoms with E-state index in [1.165, 1.54) is 37.9 Å². The Labute approximate surface area is 129 Å². The fourth-order valence-electron chi connectivity index (χ4n) is 3.43. The third-order valence-electron chi connectivity index (χ3n) is 4.92. The molecule has 1 N–H and O–H groups in total. The van der Waals surface area contributed by atoms with Crippen LogP contribution in [-0.4, -0.2) is 45.9 Å². The number of aromatic nitrogens is 2. The van der Waals surface area contributed by atoms with E-state index in [1.54, 1.807) is 0 Å². The molecule has 0 bridgehead atoms. The Bertz CT molecular complexity index is 418. The van der Waals surface area contributed by atoms with Crippen LogP contribution in [-0.2, 0) is 13.0 Å². The molecule has 21 heavy (non-hydrogen) atoms. The van der Waals surface area contributed by atoms with Gasteiger partial charge in [-0.15, -0.1) is 0 Å². The number of aryl methyl sites for hydroxylation is 1. The minimum atomic E-state index is 0.185. The van der Waals surface area contributed by atoms with Crippen molar-refractivity contribution in [1.82, 2.24) is 20.0 Å². The lowest BCUT2D eigenvalue weighted by atomic mass is 9.86. The van der Waals surface area contributed by atoms with Gasteiger partial charge in [0.1, 0.15) is 0 Å². The Morgan fingerprint density at radius 2 is 1.95 bits per heavy atom. The van der Waals surface area contributed by atoms with Gasteiger partial charge in [-0.2, -0.15) is 5.10 Å². The van der Waals surface area contributed by atoms with Gasteiger partial charge < -0.3 is 5.32 Å². The zero-order chi connectivity index (χ0) is 15.3. The SMILES string of the molecule is CCNC(Cc1cnn(CC)c1)C(C)(C)N1CCCCC1. The first kappa shape index (κ1) is 16.5. The van der Waals surface area contributed by atoms with Crippen LogP contribution < -0.4 is 5.32 Å². The smallest absolute Gasteiger partial charge is 0.0522 e. The molecule has 0 saturated carbocycles. The number of piperidine rings is 1. The summed E-state index contributed by atoms with van der Waals surface area (Å²) in [6, 6.07) is 0.468. The van der Waals surface area contributed by atoms with Crippen LogP contribution in [0.5, 0.6) is 0 Å². The maximum absolute atomic E-state index is 4.42. The molecule has 2 heterocycles. The van der Waals surface area contributed by atoms with Crippen LogP contribution in [0, 0.1) is 0 Å². The Balaban J connectivity index is 2.08. The second-order valence-corrected chi connectivity index (χ2v) is 6.72. The Hall–Kier alpha value is -0.870. The number of nitrogens with one attached hydrogen (secondary N) is 1. The minimum absolute atomic E-state index is 0.185. The second kappa shape index (κ2) is 7.41. The van der Waals surface area contributed by atoms with E-state index in [2.05, 4.69) is 49.2 Å². The Morgan fingerprint density at radius 1 is 1.24 bits per heavy atom. The number of hydrogen-bond acceptors (Lipinski definition) is 3. The minimum Gasteiger partial charge on any atom is -0.312 e. The van der Waals surface area contributed by atoms with Crippen molar-refractivity contribution in [3.8, 4) is 0 Å². The van der Waals surface area contributed by atoms with Crippen molar-refractivity contribution in [3.63, 3.8) is 0 Å². The van der Waals surface area contributed by atoms with Crippen LogP contribution in [0.15, 0.2) is 12.4 Å². The molecule has 4 nitrogen and oxygen atoms in total. The van der Waals surface area contributed by atoms with Gasteiger partial charge in [0.2, 0.25) is 0 Å². The normalized spacial score (nSPS) is 18.9. The summed E-state index contributed by atoms with van der Waals surface area (Å²) in [5, 5.41) is 8.13. The molecular weight excluding hydrogens is 260 g/mol. The summed E-state index contributed by atoms with van der Waals surface area (Å²) in [6.45, 7) is 13.6. The van der Waals surface area contributed by atoms with E-state index in [0.29, 0.717) is 6.04 Å². The number of hydrogen-bond donors (Lipinski definition) is 1. The lowest BCUT2D eigenvalue weighted by molar-refractivity contribution is 0.0616. The highest BCUT2D eigenvalue weighted by atomic mass is 15.3. The summed E-state index contributed by atoms with van der Waals surface area (Å²) in [7, 11) is 0. The predicted molar refractivity (Wildman–Crippen MR) is 88.6 cm³/mol. The highest BCUT2D eigenvalue weighted by Crippen LogP contribution is 2.26. The molecule has 1 aromatic heterocycles. The first-order valence-corrected chi connectivity index (χ1v) is 8.57. The molecule has 1 aliphatic heterocycles. The third-order valence-corrected chi connectivity index (χ3v) is 4.92. The zero-order valence-corrected chi connectivity index (χ0v) is 14.2. The fourth-order valence-corrected chi connectivity index (χ4v) is 3.43. The van der Waals surface area contributed by atoms with E-state index in [0.717, 1.165) is 19.5 Å². The second-order valence-electron chi connectivity index (χ2n) is 6.72. The lowest BCUT2D eigenvalue weighted by Crippen LogP contribution is -2.59. The van der Waals surface area contributed by atoms with Crippen LogP contribution in [0.3, 0.4) is 0 Å². The standard InChI is InChI=1S/C17H32N4/c1-5-18-16(12-15-13-19-21(6-2)14-15)17(3,4)20-10-8-7-9-11-20/h13-14,16,18H,5-12H2,1-4H3. The summed E-state index contributed by atoms with van der Waals surface area (Å²) >= 11 is 0. The van der Waals surface area contributed by atoms with Gasteiger partial charge >= 0.3 is 0 Å². The van der Waals surface area contributed by atoms with Crippen molar-refractivity contribution in [3.05, 3.63) is 18.0 Å². The molecule has 120 valence electrons. The molecule has 1 atom stereocenters. The van der Waals surface area contributed by atoms with Crippen LogP contribution in [0.25, 0.3) is 0 Å². The molecule has 0 amide bonds. The van der Waals surface area contributed by atoms with E-state index in [-0.39, 0.29) is 5.54 Å². The first-order valence-electron chi connectivity index (χ1n) is 8.57. The number of nitrogens with zero attached hydrogens (tertiary/aromatic N) is 3. The van der Waals surface area contributed by atoms with Crippen molar-refractivity contribution in [2.24, 2.45) is 0 Å². The van der Waals surface area contributed by atoms with Crippen molar-refractivity contribution in [2.45, 2.75) is 71.5 Å². The van der Waals surface area contributed by atoms with E-state index < -0.39 is 0 Å². The zero-order valence-electron chi connectivity index (χ0n) is 14.2. The number of likely N-dealkylation sites (tertiary alicyclic amines) is 1. The van der Waals surface area contributed by atoms with Crippen LogP contribution in [0.2, 0.25) is 0 Å². The maximum Gasteiger partial charge on any atom is 0.0522 e. The molecule has 0 radical (unpaired) electrons. The summed E-state index contributed by atoms with van der Waals surface area (Å²) in [5.74, 6) is 0. The van der Waals surface area contributed by atoms with Crippen molar-refractivity contribution >= 4 is 0 Å². The number of likely N-dealkylation sites (N-methyl/N-ethyl adjacent to an activating group) is 1. The van der Waals surface area contributed by atoms with Gasteiger partial charge in [-0.25, -0.2) is 0 Å². The van der Waals surface area contributed by atoms with E-state index in [4.69, 9.17) is 0 Å². The third kappa shape index (κ3) is 4.07. The topological polar surface area (TPSA) is 33.1 Å². The molecule has 2 rings (SSSR count). The van der Waals surface area contributed by atoms with Gasteiger partial charge in [-0.1, -0.05) is 13.3 Å². The molecule has 1 fully saturated rings. The van der Waals surface area contributed by atoms with Crippen LogP contribution >= 0.6 is 0 Å². The molecule has 0 aromatic carbocycles. The average molecular weight is 292 g/mol. The molecule has 1 unspecified atom stereocenters. The summed E-state index contributed by atoms with van der Waals surface area (Å²) in [4.78, 5) is 2.67. The monoisotopic (exact) mass is 292 g/mol. The van der Waals surface area contributed by atoms with E-state index in [9.17, 15) is 0 Å². The van der Waals surface area contributed by atoms with Crippen LogP contribution in [0.1, 0.15) is 52.5 Å². The molecule has 1 saturated heterocycles. The van der Waals surface area contributed by atoms with Crippen molar-refractivity contribution in [2.75, 3.05) is 19.6 Å². The van der Waals surface area contributed by atoms with Crippen molar-refractivity contribution < 1.29 is 0 Å². The summed E-state index contributed by atoms with van der Waals surface area (Å²) in [6.07, 6.45) is 9.35. The highest BCUT2D eigenvalue weighted by Gasteiger charge is 2.35. The fraction of sp³-hybridized carbons (Fsp3) is 0.824. The lowest BCUT2D eigenvalue weighted by Gasteiger charge is -2.46. The van der Waals surface area contributed by atoms with Gasteiger partial charge in [-0.05, 0) is 65.2 Å². The quantitative estimate of drug-likeness (QED) is 0.839. The highest BCUT2D eigenvalue weighted by molar-refractivity contribution is 5.10. The van der Waals surface area contributed by atoms with Crippen molar-refractivity contribution in [1.29, 1.82) is 0 Å². The molecule has 4 heteroatoms. The summed E-state index contributed by atoms with van der Waals surface area (Å²) < 4.78 is 2.02.